The molecule has 0 aliphatic carbocycles. The maximum atomic E-state index is 5.99. The van der Waals surface area contributed by atoms with Gasteiger partial charge in [0, 0.05) is 17.9 Å². The quantitative estimate of drug-likeness (QED) is 0.768. The summed E-state index contributed by atoms with van der Waals surface area (Å²) in [6.45, 7) is 12.3. The third kappa shape index (κ3) is 3.10. The number of aromatic nitrogens is 2. The van der Waals surface area contributed by atoms with Gasteiger partial charge in [0.05, 0.1) is 29.8 Å². The van der Waals surface area contributed by atoms with E-state index in [1.54, 1.807) is 12.4 Å². The van der Waals surface area contributed by atoms with Crippen molar-refractivity contribution >= 4 is 12.6 Å². The van der Waals surface area contributed by atoms with Crippen molar-refractivity contribution in [1.82, 2.24) is 9.97 Å². The lowest BCUT2D eigenvalue weighted by molar-refractivity contribution is -0.134. The summed E-state index contributed by atoms with van der Waals surface area (Å²) in [4.78, 5) is 8.56. The third-order valence-corrected chi connectivity index (χ3v) is 5.25. The van der Waals surface area contributed by atoms with Crippen LogP contribution in [-0.2, 0) is 14.0 Å². The Kier molecular flexibility index (Phi) is 4.15. The normalized spacial score (nSPS) is 24.3. The molecule has 3 rings (SSSR count). The molecular formula is C16H25BN2O4. The van der Waals surface area contributed by atoms with E-state index in [1.165, 1.54) is 0 Å². The summed E-state index contributed by atoms with van der Waals surface area (Å²) in [7, 11) is -0.448. The first-order valence-corrected chi connectivity index (χ1v) is 8.15. The van der Waals surface area contributed by atoms with Gasteiger partial charge in [0.1, 0.15) is 6.61 Å². The van der Waals surface area contributed by atoms with E-state index in [2.05, 4.69) is 16.9 Å². The minimum absolute atomic E-state index is 0.119. The number of hydrogen-bond donors (Lipinski definition) is 0. The smallest absolute Gasteiger partial charge is 0.463 e. The first-order chi connectivity index (χ1) is 10.8. The van der Waals surface area contributed by atoms with E-state index >= 15 is 0 Å². The van der Waals surface area contributed by atoms with Gasteiger partial charge in [0.25, 0.3) is 0 Å². The van der Waals surface area contributed by atoms with E-state index in [0.29, 0.717) is 12.6 Å². The van der Waals surface area contributed by atoms with Crippen LogP contribution >= 0.6 is 0 Å². The monoisotopic (exact) mass is 320 g/mol. The number of nitrogens with zero attached hydrogens (tertiary/aromatic N) is 2. The topological polar surface area (TPSA) is 62.7 Å². The first-order valence-electron chi connectivity index (χ1n) is 8.15. The minimum atomic E-state index is -0.448. The van der Waals surface area contributed by atoms with E-state index in [9.17, 15) is 0 Å². The molecule has 0 N–H and O–H groups in total. The molecule has 23 heavy (non-hydrogen) atoms. The summed E-state index contributed by atoms with van der Waals surface area (Å²) >= 11 is 0. The van der Waals surface area contributed by atoms with Gasteiger partial charge in [-0.1, -0.05) is 6.92 Å². The molecule has 1 aromatic heterocycles. The van der Waals surface area contributed by atoms with Crippen molar-refractivity contribution in [2.24, 2.45) is 5.41 Å². The molecule has 6 nitrogen and oxygen atoms in total. The first kappa shape index (κ1) is 16.7. The molecule has 0 saturated carbocycles. The molecule has 2 saturated heterocycles. The molecule has 3 heterocycles. The van der Waals surface area contributed by atoms with Gasteiger partial charge in [-0.25, -0.2) is 9.97 Å². The fourth-order valence-electron chi connectivity index (χ4n) is 2.50. The van der Waals surface area contributed by atoms with Crippen molar-refractivity contribution in [2.75, 3.05) is 19.8 Å². The molecule has 0 aromatic carbocycles. The van der Waals surface area contributed by atoms with Gasteiger partial charge in [0.15, 0.2) is 0 Å². The average molecular weight is 320 g/mol. The molecule has 2 aliphatic heterocycles. The standard InChI is InChI=1S/C16H25BN2O4/c1-6-16(9-20-10-16)11-21-13-18-7-12(8-19-13)17-22-14(2,3)15(4,5)23-17/h7-8H,6,9-11H2,1-5H3. The molecule has 0 bridgehead atoms. The van der Waals surface area contributed by atoms with Crippen molar-refractivity contribution in [2.45, 2.75) is 52.2 Å². The Balaban J connectivity index is 1.62. The summed E-state index contributed by atoms with van der Waals surface area (Å²) in [5.41, 5.74) is 0.177. The lowest BCUT2D eigenvalue weighted by Gasteiger charge is -2.39. The molecule has 7 heteroatoms. The SMILES string of the molecule is CCC1(COc2ncc(B3OC(C)(C)C(C)(C)O3)cn2)COC1. The van der Waals surface area contributed by atoms with Crippen molar-refractivity contribution in [1.29, 1.82) is 0 Å². The van der Waals surface area contributed by atoms with E-state index in [4.69, 9.17) is 18.8 Å². The third-order valence-electron chi connectivity index (χ3n) is 5.25. The van der Waals surface area contributed by atoms with Crippen LogP contribution in [0.15, 0.2) is 12.4 Å². The van der Waals surface area contributed by atoms with E-state index in [0.717, 1.165) is 25.1 Å². The molecule has 1 aromatic rings. The fourth-order valence-corrected chi connectivity index (χ4v) is 2.50. The zero-order chi connectivity index (χ0) is 16.7. The summed E-state index contributed by atoms with van der Waals surface area (Å²) in [5, 5.41) is 0. The van der Waals surface area contributed by atoms with Gasteiger partial charge < -0.3 is 18.8 Å². The maximum Gasteiger partial charge on any atom is 0.498 e. The summed E-state index contributed by atoms with van der Waals surface area (Å²) in [5.74, 6) is 0. The second kappa shape index (κ2) is 5.72. The van der Waals surface area contributed by atoms with Gasteiger partial charge in [-0.15, -0.1) is 0 Å². The lowest BCUT2D eigenvalue weighted by Crippen LogP contribution is -2.46. The van der Waals surface area contributed by atoms with Gasteiger partial charge in [-0.3, -0.25) is 0 Å². The van der Waals surface area contributed by atoms with Gasteiger partial charge in [0.2, 0.25) is 0 Å². The van der Waals surface area contributed by atoms with Crippen molar-refractivity contribution < 1.29 is 18.8 Å². The van der Waals surface area contributed by atoms with E-state index in [1.807, 2.05) is 27.7 Å². The van der Waals surface area contributed by atoms with Crippen molar-refractivity contribution in [3.63, 3.8) is 0 Å². The molecule has 0 atom stereocenters. The molecule has 0 amide bonds. The Morgan fingerprint density at radius 1 is 1.09 bits per heavy atom. The highest BCUT2D eigenvalue weighted by Crippen LogP contribution is 2.36. The largest absolute Gasteiger partial charge is 0.498 e. The Labute approximate surface area is 138 Å². The van der Waals surface area contributed by atoms with Crippen LogP contribution in [0.2, 0.25) is 0 Å². The molecule has 0 spiro atoms. The van der Waals surface area contributed by atoms with Crippen LogP contribution in [-0.4, -0.2) is 48.1 Å². The second-order valence-electron chi connectivity index (χ2n) is 7.52. The van der Waals surface area contributed by atoms with Gasteiger partial charge in [-0.05, 0) is 34.1 Å². The fraction of sp³-hybridized carbons (Fsp3) is 0.750. The molecular weight excluding hydrogens is 295 g/mol. The summed E-state index contributed by atoms with van der Waals surface area (Å²) in [6, 6.07) is 0.380. The predicted octanol–water partition coefficient (Wildman–Crippen LogP) is 1.58. The van der Waals surface area contributed by atoms with Crippen LogP contribution in [0, 0.1) is 5.41 Å². The molecule has 2 fully saturated rings. The molecule has 126 valence electrons. The lowest BCUT2D eigenvalue weighted by atomic mass is 9.81. The number of rotatable bonds is 5. The highest BCUT2D eigenvalue weighted by atomic mass is 16.7. The van der Waals surface area contributed by atoms with E-state index in [-0.39, 0.29) is 16.6 Å². The number of ether oxygens (including phenoxy) is 2. The summed E-state index contributed by atoms with van der Waals surface area (Å²) < 4.78 is 23.0. The van der Waals surface area contributed by atoms with Crippen LogP contribution in [0.5, 0.6) is 6.01 Å². The van der Waals surface area contributed by atoms with Crippen LogP contribution in [0.4, 0.5) is 0 Å². The van der Waals surface area contributed by atoms with Crippen LogP contribution < -0.4 is 10.2 Å². The highest BCUT2D eigenvalue weighted by Gasteiger charge is 2.52. The minimum Gasteiger partial charge on any atom is -0.463 e. The summed E-state index contributed by atoms with van der Waals surface area (Å²) in [6.07, 6.45) is 4.44. The maximum absolute atomic E-state index is 5.99. The van der Waals surface area contributed by atoms with Crippen LogP contribution in [0.25, 0.3) is 0 Å². The number of hydrogen-bond acceptors (Lipinski definition) is 6. The zero-order valence-electron chi connectivity index (χ0n) is 14.6. The molecule has 2 aliphatic rings. The predicted molar refractivity (Wildman–Crippen MR) is 86.8 cm³/mol. The van der Waals surface area contributed by atoms with Crippen LogP contribution in [0.1, 0.15) is 41.0 Å². The van der Waals surface area contributed by atoms with Crippen molar-refractivity contribution in [3.05, 3.63) is 12.4 Å². The Morgan fingerprint density at radius 2 is 1.65 bits per heavy atom. The van der Waals surface area contributed by atoms with Crippen LogP contribution in [0.3, 0.4) is 0 Å². The molecule has 0 radical (unpaired) electrons. The average Bonchev–Trinajstić information content (AvgIpc) is 2.67. The molecule has 0 unspecified atom stereocenters. The van der Waals surface area contributed by atoms with Crippen molar-refractivity contribution in [3.8, 4) is 6.01 Å². The Hall–Kier alpha value is -1.18. The van der Waals surface area contributed by atoms with Gasteiger partial charge >= 0.3 is 13.1 Å². The Bertz CT molecular complexity index is 536. The highest BCUT2D eigenvalue weighted by molar-refractivity contribution is 6.61. The zero-order valence-corrected chi connectivity index (χ0v) is 14.6. The Morgan fingerprint density at radius 3 is 2.09 bits per heavy atom. The van der Waals surface area contributed by atoms with Gasteiger partial charge in [-0.2, -0.15) is 0 Å². The second-order valence-corrected chi connectivity index (χ2v) is 7.52. The van der Waals surface area contributed by atoms with E-state index < -0.39 is 7.12 Å².